The number of carbonyl (C=O) groups is 3. The maximum atomic E-state index is 12.1. The molecule has 0 aliphatic carbocycles. The van der Waals surface area contributed by atoms with E-state index in [2.05, 4.69) is 31.4 Å². The minimum absolute atomic E-state index is 0.00200. The molecule has 0 bridgehead atoms. The second-order valence-electron chi connectivity index (χ2n) is 7.23. The monoisotopic (exact) mass is 347 g/mol. The number of benzene rings is 1. The molecule has 2 rings (SSSR count). The summed E-state index contributed by atoms with van der Waals surface area (Å²) >= 11 is 0. The first-order valence-electron chi connectivity index (χ1n) is 8.37. The topological polar surface area (TPSA) is 98.7 Å². The van der Waals surface area contributed by atoms with Gasteiger partial charge in [0, 0.05) is 12.1 Å². The molecule has 1 aromatic rings. The van der Waals surface area contributed by atoms with Gasteiger partial charge in [-0.15, -0.1) is 0 Å². The van der Waals surface area contributed by atoms with Crippen LogP contribution >= 0.6 is 0 Å². The molecule has 0 radical (unpaired) electrons. The van der Waals surface area contributed by atoms with Gasteiger partial charge in [-0.3, -0.25) is 19.6 Å². The van der Waals surface area contributed by atoms with Crippen LogP contribution in [-0.4, -0.2) is 47.1 Å². The van der Waals surface area contributed by atoms with E-state index in [4.69, 9.17) is 0 Å². The Labute approximate surface area is 147 Å². The molecule has 1 aliphatic rings. The van der Waals surface area contributed by atoms with E-state index in [1.54, 1.807) is 12.1 Å². The highest BCUT2D eigenvalue weighted by Crippen LogP contribution is 2.22. The Morgan fingerprint density at radius 3 is 2.48 bits per heavy atom. The van der Waals surface area contributed by atoms with Gasteiger partial charge in [-0.25, -0.2) is 5.06 Å². The number of hydrogen-bond acceptors (Lipinski definition) is 4. The van der Waals surface area contributed by atoms with E-state index in [-0.39, 0.29) is 24.4 Å². The Balaban J connectivity index is 1.85. The van der Waals surface area contributed by atoms with Crippen LogP contribution in [0.25, 0.3) is 0 Å². The smallest absolute Gasteiger partial charge is 0.268 e. The summed E-state index contributed by atoms with van der Waals surface area (Å²) in [6, 6.07) is 6.50. The van der Waals surface area contributed by atoms with Crippen molar-refractivity contribution in [2.75, 3.05) is 13.1 Å². The number of rotatable bonds is 4. The molecule has 0 spiro atoms. The highest BCUT2D eigenvalue weighted by Gasteiger charge is 2.29. The largest absolute Gasteiger partial charge is 0.343 e. The third-order valence-electron chi connectivity index (χ3n) is 4.17. The summed E-state index contributed by atoms with van der Waals surface area (Å²) in [6.07, 6.45) is 1.09. The lowest BCUT2D eigenvalue weighted by Crippen LogP contribution is -2.52. The fourth-order valence-corrected chi connectivity index (χ4v) is 2.62. The van der Waals surface area contributed by atoms with E-state index in [0.29, 0.717) is 23.5 Å². The van der Waals surface area contributed by atoms with Gasteiger partial charge in [-0.1, -0.05) is 32.9 Å². The summed E-state index contributed by atoms with van der Waals surface area (Å²) in [4.78, 5) is 35.7. The van der Waals surface area contributed by atoms with Crippen LogP contribution in [0.5, 0.6) is 0 Å². The van der Waals surface area contributed by atoms with Crippen molar-refractivity contribution < 1.29 is 19.6 Å². The molecule has 3 amide bonds. The molecule has 1 heterocycles. The number of carbonyl (C=O) groups excluding carboxylic acids is 3. The number of hydroxylamine groups is 2. The Hall–Kier alpha value is -2.41. The third-order valence-corrected chi connectivity index (χ3v) is 4.17. The lowest BCUT2D eigenvalue weighted by molar-refractivity contribution is -0.173. The van der Waals surface area contributed by atoms with E-state index in [1.807, 2.05) is 12.1 Å². The first kappa shape index (κ1) is 18.9. The minimum Gasteiger partial charge on any atom is -0.343 e. The fourth-order valence-electron chi connectivity index (χ4n) is 2.62. The fraction of sp³-hybridized carbons (Fsp3) is 0.500. The van der Waals surface area contributed by atoms with Crippen molar-refractivity contribution in [3.63, 3.8) is 0 Å². The molecule has 1 unspecified atom stereocenters. The first-order valence-corrected chi connectivity index (χ1v) is 8.37. The molecule has 0 saturated carbocycles. The summed E-state index contributed by atoms with van der Waals surface area (Å²) in [7, 11) is 0. The average Bonchev–Trinajstić information content (AvgIpc) is 2.56. The predicted molar refractivity (Wildman–Crippen MR) is 92.1 cm³/mol. The number of hydrogen-bond donors (Lipinski definition) is 3. The molecule has 1 atom stereocenters. The lowest BCUT2D eigenvalue weighted by atomic mass is 9.87. The molecule has 1 fully saturated rings. The Morgan fingerprint density at radius 1 is 1.24 bits per heavy atom. The van der Waals surface area contributed by atoms with Crippen molar-refractivity contribution >= 4 is 17.7 Å². The van der Waals surface area contributed by atoms with Gasteiger partial charge < -0.3 is 10.6 Å². The molecule has 25 heavy (non-hydrogen) atoms. The van der Waals surface area contributed by atoms with Crippen LogP contribution in [0, 0.1) is 0 Å². The number of amides is 3. The highest BCUT2D eigenvalue weighted by atomic mass is 16.5. The van der Waals surface area contributed by atoms with Crippen LogP contribution in [-0.2, 0) is 15.0 Å². The summed E-state index contributed by atoms with van der Waals surface area (Å²) in [5, 5.41) is 15.0. The van der Waals surface area contributed by atoms with Crippen LogP contribution < -0.4 is 10.6 Å². The molecule has 7 heteroatoms. The molecular weight excluding hydrogens is 322 g/mol. The van der Waals surface area contributed by atoms with E-state index >= 15 is 0 Å². The number of nitrogens with one attached hydrogen (secondary N) is 2. The maximum Gasteiger partial charge on any atom is 0.268 e. The molecule has 1 aliphatic heterocycles. The second kappa shape index (κ2) is 7.65. The molecule has 1 saturated heterocycles. The Bertz CT molecular complexity index is 649. The van der Waals surface area contributed by atoms with Gasteiger partial charge in [-0.2, -0.15) is 0 Å². The SMILES string of the molecule is CC(C)(C)c1ccc(C(=O)NCC(=O)NC2CCCN(O)C2=O)cc1. The number of nitrogens with zero attached hydrogens (tertiary/aromatic N) is 1. The van der Waals surface area contributed by atoms with Gasteiger partial charge in [0.25, 0.3) is 11.8 Å². The quantitative estimate of drug-likeness (QED) is 0.713. The van der Waals surface area contributed by atoms with E-state index in [0.717, 1.165) is 5.56 Å². The average molecular weight is 347 g/mol. The normalized spacial score (nSPS) is 18.0. The van der Waals surface area contributed by atoms with Crippen molar-refractivity contribution in [1.29, 1.82) is 0 Å². The highest BCUT2D eigenvalue weighted by molar-refractivity contribution is 5.97. The van der Waals surface area contributed by atoms with Crippen molar-refractivity contribution in [1.82, 2.24) is 15.7 Å². The third kappa shape index (κ3) is 5.03. The van der Waals surface area contributed by atoms with E-state index in [1.165, 1.54) is 0 Å². The van der Waals surface area contributed by atoms with Gasteiger partial charge in [0.2, 0.25) is 5.91 Å². The first-order chi connectivity index (χ1) is 11.7. The zero-order valence-electron chi connectivity index (χ0n) is 14.8. The standard InChI is InChI=1S/C18H25N3O4/c1-18(2,3)13-8-6-12(7-9-13)16(23)19-11-15(22)20-14-5-4-10-21(25)17(14)24/h6-9,14,25H,4-5,10-11H2,1-3H3,(H,19,23)(H,20,22). The van der Waals surface area contributed by atoms with Gasteiger partial charge in [0.15, 0.2) is 0 Å². The van der Waals surface area contributed by atoms with Gasteiger partial charge >= 0.3 is 0 Å². The lowest BCUT2D eigenvalue weighted by Gasteiger charge is -2.27. The number of piperidine rings is 1. The molecule has 7 nitrogen and oxygen atoms in total. The molecule has 0 aromatic heterocycles. The van der Waals surface area contributed by atoms with Crippen LogP contribution in [0.2, 0.25) is 0 Å². The minimum atomic E-state index is -0.741. The van der Waals surface area contributed by atoms with Crippen molar-refractivity contribution in [3.05, 3.63) is 35.4 Å². The van der Waals surface area contributed by atoms with Crippen LogP contribution in [0.15, 0.2) is 24.3 Å². The molecule has 3 N–H and O–H groups in total. The Kier molecular flexibility index (Phi) is 5.79. The van der Waals surface area contributed by atoms with E-state index in [9.17, 15) is 19.6 Å². The predicted octanol–water partition coefficient (Wildman–Crippen LogP) is 1.21. The van der Waals surface area contributed by atoms with Gasteiger partial charge in [0.05, 0.1) is 6.54 Å². The summed E-state index contributed by atoms with van der Waals surface area (Å²) in [6.45, 7) is 6.31. The zero-order chi connectivity index (χ0) is 18.6. The summed E-state index contributed by atoms with van der Waals surface area (Å²) < 4.78 is 0. The summed E-state index contributed by atoms with van der Waals surface area (Å²) in [5.41, 5.74) is 1.59. The summed E-state index contributed by atoms with van der Waals surface area (Å²) in [5.74, 6) is -1.34. The maximum absolute atomic E-state index is 12.1. The van der Waals surface area contributed by atoms with Crippen molar-refractivity contribution in [2.24, 2.45) is 0 Å². The van der Waals surface area contributed by atoms with Gasteiger partial charge in [-0.05, 0) is 36.0 Å². The molecule has 136 valence electrons. The van der Waals surface area contributed by atoms with Crippen molar-refractivity contribution in [3.8, 4) is 0 Å². The molecule has 1 aromatic carbocycles. The molecular formula is C18H25N3O4. The van der Waals surface area contributed by atoms with Crippen LogP contribution in [0.4, 0.5) is 0 Å². The zero-order valence-corrected chi connectivity index (χ0v) is 14.8. The van der Waals surface area contributed by atoms with Crippen LogP contribution in [0.1, 0.15) is 49.5 Å². The van der Waals surface area contributed by atoms with Gasteiger partial charge in [0.1, 0.15) is 6.04 Å². The Morgan fingerprint density at radius 2 is 1.88 bits per heavy atom. The second-order valence-corrected chi connectivity index (χ2v) is 7.23. The van der Waals surface area contributed by atoms with Crippen molar-refractivity contribution in [2.45, 2.75) is 45.1 Å². The van der Waals surface area contributed by atoms with Crippen LogP contribution in [0.3, 0.4) is 0 Å². The van der Waals surface area contributed by atoms with E-state index < -0.39 is 17.9 Å².